The van der Waals surface area contributed by atoms with Gasteiger partial charge in [0.05, 0.1) is 13.0 Å². The number of methoxy groups -OCH3 is 1. The molecule has 2 aliphatic rings. The first-order valence-corrected chi connectivity index (χ1v) is 7.96. The number of allylic oxidation sites excluding steroid dienone is 3. The summed E-state index contributed by atoms with van der Waals surface area (Å²) >= 11 is 0. The molecule has 0 aromatic carbocycles. The van der Waals surface area contributed by atoms with E-state index in [1.54, 1.807) is 12.2 Å². The van der Waals surface area contributed by atoms with Crippen molar-refractivity contribution >= 4 is 17.7 Å². The number of esters is 2. The van der Waals surface area contributed by atoms with E-state index in [9.17, 15) is 19.5 Å². The molecule has 1 unspecified atom stereocenters. The van der Waals surface area contributed by atoms with E-state index in [0.29, 0.717) is 0 Å². The minimum absolute atomic E-state index is 0.110. The number of carbonyl (C=O) groups excluding carboxylic acids is 3. The summed E-state index contributed by atoms with van der Waals surface area (Å²) in [5.41, 5.74) is -1.60. The highest BCUT2D eigenvalue weighted by molar-refractivity contribution is 5.99. The van der Waals surface area contributed by atoms with E-state index in [-0.39, 0.29) is 24.1 Å². The average molecular weight is 336 g/mol. The molecule has 132 valence electrons. The molecule has 2 rings (SSSR count). The topological polar surface area (TPSA) is 89.9 Å². The number of hydrogen-bond acceptors (Lipinski definition) is 6. The van der Waals surface area contributed by atoms with E-state index in [1.807, 2.05) is 13.8 Å². The van der Waals surface area contributed by atoms with E-state index < -0.39 is 29.0 Å². The molecule has 0 aromatic heterocycles. The highest BCUT2D eigenvalue weighted by Crippen LogP contribution is 2.51. The van der Waals surface area contributed by atoms with Crippen molar-refractivity contribution in [1.29, 1.82) is 0 Å². The summed E-state index contributed by atoms with van der Waals surface area (Å²) in [6.45, 7) is 6.54. The first kappa shape index (κ1) is 18.4. The molecule has 0 spiro atoms. The Morgan fingerprint density at radius 2 is 2.04 bits per heavy atom. The standard InChI is InChI=1S/C18H24O6/c1-10-15(24-11(2)19)7-6-12-8-14(20)13(9-17(10,12)3)18(4,22)16(21)23-5/h6-8,10,13,15,22H,9H2,1-5H3/t10-,13-,15-,17+,18?/m0/s1. The lowest BCUT2D eigenvalue weighted by molar-refractivity contribution is -0.171. The number of ether oxygens (including phenoxy) is 2. The molecule has 0 saturated heterocycles. The Kier molecular flexibility index (Phi) is 4.72. The summed E-state index contributed by atoms with van der Waals surface area (Å²) in [5, 5.41) is 10.6. The quantitative estimate of drug-likeness (QED) is 0.787. The molecule has 0 fully saturated rings. The van der Waals surface area contributed by atoms with Gasteiger partial charge < -0.3 is 14.6 Å². The van der Waals surface area contributed by atoms with E-state index in [4.69, 9.17) is 4.74 Å². The normalized spacial score (nSPS) is 34.7. The van der Waals surface area contributed by atoms with Crippen molar-refractivity contribution in [2.24, 2.45) is 17.3 Å². The second-order valence-electron chi connectivity index (χ2n) is 7.04. The molecule has 2 aliphatic carbocycles. The fourth-order valence-electron chi connectivity index (χ4n) is 3.63. The highest BCUT2D eigenvalue weighted by atomic mass is 16.5. The van der Waals surface area contributed by atoms with Crippen molar-refractivity contribution in [3.8, 4) is 0 Å². The molecule has 24 heavy (non-hydrogen) atoms. The van der Waals surface area contributed by atoms with Crippen LogP contribution in [0.3, 0.4) is 0 Å². The van der Waals surface area contributed by atoms with Crippen LogP contribution in [0, 0.1) is 17.3 Å². The molecule has 6 heteroatoms. The van der Waals surface area contributed by atoms with Gasteiger partial charge in [-0.2, -0.15) is 0 Å². The van der Waals surface area contributed by atoms with Crippen LogP contribution >= 0.6 is 0 Å². The van der Waals surface area contributed by atoms with Crippen LogP contribution in [0.15, 0.2) is 23.8 Å². The molecule has 0 aliphatic heterocycles. The Labute approximate surface area is 141 Å². The van der Waals surface area contributed by atoms with Gasteiger partial charge in [0.1, 0.15) is 6.10 Å². The minimum Gasteiger partial charge on any atom is -0.467 e. The third-order valence-corrected chi connectivity index (χ3v) is 5.47. The number of hydrogen-bond donors (Lipinski definition) is 1. The summed E-state index contributed by atoms with van der Waals surface area (Å²) in [6.07, 6.45) is 4.88. The van der Waals surface area contributed by atoms with Gasteiger partial charge in [-0.1, -0.05) is 19.9 Å². The van der Waals surface area contributed by atoms with Crippen molar-refractivity contribution < 1.29 is 29.0 Å². The number of fused-ring (bicyclic) bond motifs is 1. The zero-order valence-corrected chi connectivity index (χ0v) is 14.7. The second-order valence-corrected chi connectivity index (χ2v) is 7.04. The zero-order chi connectivity index (χ0) is 18.3. The van der Waals surface area contributed by atoms with Gasteiger partial charge in [-0.25, -0.2) is 4.79 Å². The molecular weight excluding hydrogens is 312 g/mol. The predicted molar refractivity (Wildman–Crippen MR) is 85.8 cm³/mol. The molecule has 0 heterocycles. The fourth-order valence-corrected chi connectivity index (χ4v) is 3.63. The van der Waals surface area contributed by atoms with Crippen molar-refractivity contribution in [1.82, 2.24) is 0 Å². The van der Waals surface area contributed by atoms with Crippen molar-refractivity contribution in [3.63, 3.8) is 0 Å². The van der Waals surface area contributed by atoms with Gasteiger partial charge in [-0.05, 0) is 36.5 Å². The first-order chi connectivity index (χ1) is 11.0. The number of rotatable bonds is 3. The highest BCUT2D eigenvalue weighted by Gasteiger charge is 2.53. The van der Waals surface area contributed by atoms with E-state index in [1.165, 1.54) is 27.0 Å². The maximum atomic E-state index is 12.5. The van der Waals surface area contributed by atoms with Gasteiger partial charge in [0.25, 0.3) is 0 Å². The summed E-state index contributed by atoms with van der Waals surface area (Å²) < 4.78 is 9.98. The average Bonchev–Trinajstić information content (AvgIpc) is 2.50. The van der Waals surface area contributed by atoms with Crippen molar-refractivity contribution in [3.05, 3.63) is 23.8 Å². The predicted octanol–water partition coefficient (Wildman–Crippen LogP) is 1.57. The molecular formula is C18H24O6. The van der Waals surface area contributed by atoms with Crippen molar-refractivity contribution in [2.45, 2.75) is 45.8 Å². The van der Waals surface area contributed by atoms with Crippen LogP contribution in [0.2, 0.25) is 0 Å². The monoisotopic (exact) mass is 336 g/mol. The van der Waals surface area contributed by atoms with Gasteiger partial charge in [0.15, 0.2) is 11.4 Å². The zero-order valence-electron chi connectivity index (χ0n) is 14.7. The van der Waals surface area contributed by atoms with E-state index >= 15 is 0 Å². The Balaban J connectivity index is 2.41. The summed E-state index contributed by atoms with van der Waals surface area (Å²) in [6, 6.07) is 0. The third-order valence-electron chi connectivity index (χ3n) is 5.47. The van der Waals surface area contributed by atoms with Gasteiger partial charge in [-0.3, -0.25) is 9.59 Å². The number of aliphatic hydroxyl groups is 1. The van der Waals surface area contributed by atoms with Crippen LogP contribution in [0.4, 0.5) is 0 Å². The van der Waals surface area contributed by atoms with E-state index in [0.717, 1.165) is 5.57 Å². The number of ketones is 1. The molecule has 0 radical (unpaired) electrons. The van der Waals surface area contributed by atoms with Crippen LogP contribution in [-0.2, 0) is 23.9 Å². The lowest BCUT2D eigenvalue weighted by Gasteiger charge is -2.48. The molecule has 1 N–H and O–H groups in total. The maximum absolute atomic E-state index is 12.5. The fraction of sp³-hybridized carbons (Fsp3) is 0.611. The van der Waals surface area contributed by atoms with Gasteiger partial charge >= 0.3 is 11.9 Å². The maximum Gasteiger partial charge on any atom is 0.338 e. The van der Waals surface area contributed by atoms with Crippen LogP contribution in [0.5, 0.6) is 0 Å². The van der Waals surface area contributed by atoms with Gasteiger partial charge in [-0.15, -0.1) is 0 Å². The van der Waals surface area contributed by atoms with Crippen LogP contribution in [-0.4, -0.2) is 41.6 Å². The Morgan fingerprint density at radius 3 is 2.58 bits per heavy atom. The molecule has 0 amide bonds. The Morgan fingerprint density at radius 1 is 1.42 bits per heavy atom. The van der Waals surface area contributed by atoms with Gasteiger partial charge in [0.2, 0.25) is 0 Å². The lowest BCUT2D eigenvalue weighted by atomic mass is 9.57. The number of carbonyl (C=O) groups is 3. The third kappa shape index (κ3) is 2.90. The summed E-state index contributed by atoms with van der Waals surface area (Å²) in [4.78, 5) is 35.7. The van der Waals surface area contributed by atoms with Crippen LogP contribution in [0.25, 0.3) is 0 Å². The summed E-state index contributed by atoms with van der Waals surface area (Å²) in [5.74, 6) is -2.54. The molecule has 0 bridgehead atoms. The SMILES string of the molecule is COC(=O)C(C)(O)[C@H]1C[C@@]2(C)C(=CC1=O)C=C[C@H](OC(C)=O)[C@@H]2C. The summed E-state index contributed by atoms with van der Waals surface area (Å²) in [7, 11) is 1.18. The lowest BCUT2D eigenvalue weighted by Crippen LogP contribution is -2.53. The minimum atomic E-state index is -1.91. The van der Waals surface area contributed by atoms with Crippen molar-refractivity contribution in [2.75, 3.05) is 7.11 Å². The smallest absolute Gasteiger partial charge is 0.338 e. The van der Waals surface area contributed by atoms with Gasteiger partial charge in [0, 0.05) is 12.8 Å². The van der Waals surface area contributed by atoms with E-state index in [2.05, 4.69) is 4.74 Å². The largest absolute Gasteiger partial charge is 0.467 e. The van der Waals surface area contributed by atoms with Crippen LogP contribution in [0.1, 0.15) is 34.1 Å². The molecule has 0 aromatic rings. The molecule has 5 atom stereocenters. The molecule has 0 saturated carbocycles. The van der Waals surface area contributed by atoms with Crippen LogP contribution < -0.4 is 0 Å². The second kappa shape index (κ2) is 6.16. The first-order valence-electron chi connectivity index (χ1n) is 7.96. The molecule has 6 nitrogen and oxygen atoms in total. The Bertz CT molecular complexity index is 629. The Hall–Kier alpha value is -1.95.